The van der Waals surface area contributed by atoms with Crippen LogP contribution in [0, 0.1) is 17.8 Å². The molecular formula is C22H29F3N2O2. The van der Waals surface area contributed by atoms with Crippen molar-refractivity contribution in [3.8, 4) is 0 Å². The number of hydrogen-bond donors (Lipinski definition) is 0. The van der Waals surface area contributed by atoms with Crippen LogP contribution >= 0.6 is 0 Å². The molecule has 1 saturated heterocycles. The highest BCUT2D eigenvalue weighted by Gasteiger charge is 2.45. The summed E-state index contributed by atoms with van der Waals surface area (Å²) in [6.07, 6.45) is 0.261. The second kappa shape index (κ2) is 7.91. The highest BCUT2D eigenvalue weighted by Crippen LogP contribution is 2.40. The van der Waals surface area contributed by atoms with Crippen molar-refractivity contribution in [2.75, 3.05) is 33.8 Å². The van der Waals surface area contributed by atoms with E-state index in [9.17, 15) is 18.0 Å². The number of nitrogens with zero attached hydrogens (tertiary/aromatic N) is 2. The minimum absolute atomic E-state index is 0.176. The van der Waals surface area contributed by atoms with Crippen LogP contribution in [-0.4, -0.2) is 61.6 Å². The van der Waals surface area contributed by atoms with Crippen molar-refractivity contribution < 1.29 is 22.7 Å². The van der Waals surface area contributed by atoms with Crippen molar-refractivity contribution in [3.05, 3.63) is 35.4 Å². The summed E-state index contributed by atoms with van der Waals surface area (Å²) < 4.78 is 44.6. The predicted octanol–water partition coefficient (Wildman–Crippen LogP) is 3.91. The van der Waals surface area contributed by atoms with E-state index < -0.39 is 11.7 Å². The number of carbonyl (C=O) groups excluding carboxylic acids is 1. The fraction of sp³-hybridized carbons (Fsp3) is 0.682. The summed E-state index contributed by atoms with van der Waals surface area (Å²) in [5, 5.41) is 0. The van der Waals surface area contributed by atoms with Gasteiger partial charge in [0.15, 0.2) is 0 Å². The average molecular weight is 410 g/mol. The Morgan fingerprint density at radius 3 is 2.28 bits per heavy atom. The molecule has 4 rings (SSSR count). The SMILES string of the molecule is CN(C)[C@@H]1C[C@@H]2CN(C(=O)c3ccc(C(F)(F)F)cc3)C[C@@H]2C[C@H]1OCC1CC1. The van der Waals surface area contributed by atoms with Crippen LogP contribution in [0.4, 0.5) is 13.2 Å². The Morgan fingerprint density at radius 2 is 1.72 bits per heavy atom. The Bertz CT molecular complexity index is 731. The molecule has 0 unspecified atom stereocenters. The summed E-state index contributed by atoms with van der Waals surface area (Å²) in [7, 11) is 4.16. The molecule has 0 N–H and O–H groups in total. The minimum atomic E-state index is -4.39. The molecule has 2 saturated carbocycles. The molecule has 0 bridgehead atoms. The molecule has 1 heterocycles. The number of hydrogen-bond acceptors (Lipinski definition) is 3. The molecule has 160 valence electrons. The highest BCUT2D eigenvalue weighted by atomic mass is 19.4. The van der Waals surface area contributed by atoms with Crippen molar-refractivity contribution >= 4 is 5.91 Å². The Morgan fingerprint density at radius 1 is 1.10 bits per heavy atom. The Labute approximate surface area is 170 Å². The molecule has 0 spiro atoms. The van der Waals surface area contributed by atoms with Gasteiger partial charge in [-0.15, -0.1) is 0 Å². The van der Waals surface area contributed by atoms with Crippen LogP contribution in [0.15, 0.2) is 24.3 Å². The third-order valence-electron chi connectivity index (χ3n) is 6.74. The molecule has 0 radical (unpaired) electrons. The number of benzene rings is 1. The van der Waals surface area contributed by atoms with Crippen LogP contribution in [0.25, 0.3) is 0 Å². The van der Waals surface area contributed by atoms with Crippen molar-refractivity contribution in [2.45, 2.75) is 44.0 Å². The minimum Gasteiger partial charge on any atom is -0.376 e. The molecule has 4 atom stereocenters. The maximum atomic E-state index is 12.9. The van der Waals surface area contributed by atoms with Gasteiger partial charge in [-0.25, -0.2) is 0 Å². The number of likely N-dealkylation sites (N-methyl/N-ethyl adjacent to an activating group) is 1. The first-order valence-corrected chi connectivity index (χ1v) is 10.5. The van der Waals surface area contributed by atoms with Crippen molar-refractivity contribution in [3.63, 3.8) is 0 Å². The van der Waals surface area contributed by atoms with Gasteiger partial charge < -0.3 is 14.5 Å². The number of alkyl halides is 3. The van der Waals surface area contributed by atoms with Gasteiger partial charge in [-0.3, -0.25) is 4.79 Å². The molecule has 2 aliphatic carbocycles. The fourth-order valence-corrected chi connectivity index (χ4v) is 4.81. The number of rotatable bonds is 5. The predicted molar refractivity (Wildman–Crippen MR) is 104 cm³/mol. The zero-order valence-electron chi connectivity index (χ0n) is 17.0. The van der Waals surface area contributed by atoms with Gasteiger partial charge in [-0.2, -0.15) is 13.2 Å². The normalized spacial score (nSPS) is 29.9. The van der Waals surface area contributed by atoms with Crippen LogP contribution < -0.4 is 0 Å². The molecule has 1 aromatic rings. The van der Waals surface area contributed by atoms with Gasteiger partial charge in [0.1, 0.15) is 0 Å². The maximum Gasteiger partial charge on any atom is 0.416 e. The van der Waals surface area contributed by atoms with E-state index in [0.717, 1.165) is 37.5 Å². The Kier molecular flexibility index (Phi) is 5.64. The number of amides is 1. The number of likely N-dealkylation sites (tertiary alicyclic amines) is 1. The number of carbonyl (C=O) groups is 1. The maximum absolute atomic E-state index is 12.9. The molecular weight excluding hydrogens is 381 g/mol. The van der Waals surface area contributed by atoms with Gasteiger partial charge in [-0.1, -0.05) is 0 Å². The van der Waals surface area contributed by atoms with Crippen LogP contribution in [0.5, 0.6) is 0 Å². The smallest absolute Gasteiger partial charge is 0.376 e. The van der Waals surface area contributed by atoms with Crippen molar-refractivity contribution in [1.29, 1.82) is 0 Å². The molecule has 29 heavy (non-hydrogen) atoms. The topological polar surface area (TPSA) is 32.8 Å². The molecule has 3 aliphatic rings. The molecule has 7 heteroatoms. The summed E-state index contributed by atoms with van der Waals surface area (Å²) in [5.41, 5.74) is -0.407. The molecule has 3 fully saturated rings. The van der Waals surface area contributed by atoms with E-state index in [1.807, 2.05) is 4.90 Å². The van der Waals surface area contributed by atoms with Gasteiger partial charge in [0, 0.05) is 31.3 Å². The first kappa shape index (κ1) is 20.7. The number of ether oxygens (including phenoxy) is 1. The monoisotopic (exact) mass is 410 g/mol. The Balaban J connectivity index is 1.41. The van der Waals surface area contributed by atoms with Crippen LogP contribution in [0.1, 0.15) is 41.6 Å². The number of fused-ring (bicyclic) bond motifs is 1. The van der Waals surface area contributed by atoms with Crippen LogP contribution in [-0.2, 0) is 10.9 Å². The molecule has 0 aromatic heterocycles. The van der Waals surface area contributed by atoms with Crippen LogP contribution in [0.3, 0.4) is 0 Å². The fourth-order valence-electron chi connectivity index (χ4n) is 4.81. The quantitative estimate of drug-likeness (QED) is 0.738. The number of halogens is 3. The van der Waals surface area contributed by atoms with E-state index in [2.05, 4.69) is 19.0 Å². The standard InChI is InChI=1S/C22H29F3N2O2/c1-26(2)19-9-16-11-27(12-17(16)10-20(19)29-13-14-3-4-14)21(28)15-5-7-18(8-6-15)22(23,24)25/h5-8,14,16-17,19-20H,3-4,9-13H2,1-2H3/t16-,17+,19-,20-/m1/s1. The summed E-state index contributed by atoms with van der Waals surface area (Å²) >= 11 is 0. The van der Waals surface area contributed by atoms with Gasteiger partial charge in [-0.05, 0) is 81.8 Å². The summed E-state index contributed by atoms with van der Waals surface area (Å²) in [6, 6.07) is 4.89. The lowest BCUT2D eigenvalue weighted by molar-refractivity contribution is -0.137. The molecule has 4 nitrogen and oxygen atoms in total. The molecule has 1 aliphatic heterocycles. The third kappa shape index (κ3) is 4.61. The average Bonchev–Trinajstić information content (AvgIpc) is 3.41. The van der Waals surface area contributed by atoms with E-state index in [1.165, 1.54) is 25.0 Å². The van der Waals surface area contributed by atoms with E-state index in [4.69, 9.17) is 4.74 Å². The first-order chi connectivity index (χ1) is 13.7. The van der Waals surface area contributed by atoms with Crippen molar-refractivity contribution in [2.24, 2.45) is 17.8 Å². The Hall–Kier alpha value is -1.60. The van der Waals surface area contributed by atoms with E-state index in [-0.39, 0.29) is 12.0 Å². The summed E-state index contributed by atoms with van der Waals surface area (Å²) in [5.74, 6) is 1.36. The summed E-state index contributed by atoms with van der Waals surface area (Å²) in [4.78, 5) is 16.9. The lowest BCUT2D eigenvalue weighted by Crippen LogP contribution is -2.48. The van der Waals surface area contributed by atoms with Gasteiger partial charge in [0.2, 0.25) is 0 Å². The van der Waals surface area contributed by atoms with Crippen LogP contribution in [0.2, 0.25) is 0 Å². The third-order valence-corrected chi connectivity index (χ3v) is 6.74. The van der Waals surface area contributed by atoms with E-state index in [0.29, 0.717) is 36.5 Å². The van der Waals surface area contributed by atoms with Gasteiger partial charge in [0.05, 0.1) is 11.7 Å². The van der Waals surface area contributed by atoms with E-state index in [1.54, 1.807) is 0 Å². The lowest BCUT2D eigenvalue weighted by Gasteiger charge is -2.41. The first-order valence-electron chi connectivity index (χ1n) is 10.5. The van der Waals surface area contributed by atoms with E-state index >= 15 is 0 Å². The van der Waals surface area contributed by atoms with Gasteiger partial charge >= 0.3 is 6.18 Å². The largest absolute Gasteiger partial charge is 0.416 e. The zero-order valence-corrected chi connectivity index (χ0v) is 17.0. The molecule has 1 amide bonds. The highest BCUT2D eigenvalue weighted by molar-refractivity contribution is 5.94. The zero-order chi connectivity index (χ0) is 20.8. The summed E-state index contributed by atoms with van der Waals surface area (Å²) in [6.45, 7) is 2.17. The van der Waals surface area contributed by atoms with Crippen molar-refractivity contribution in [1.82, 2.24) is 9.80 Å². The molecule has 1 aromatic carbocycles. The second-order valence-corrected chi connectivity index (χ2v) is 9.12. The second-order valence-electron chi connectivity index (χ2n) is 9.12. The van der Waals surface area contributed by atoms with Gasteiger partial charge in [0.25, 0.3) is 5.91 Å². The lowest BCUT2D eigenvalue weighted by atomic mass is 9.77.